The van der Waals surface area contributed by atoms with Crippen molar-refractivity contribution >= 4 is 36.4 Å². The molecular formula is C12H21N3O6S. The molecule has 0 aliphatic rings. The van der Waals surface area contributed by atoms with Crippen LogP contribution in [0.1, 0.15) is 26.5 Å². The van der Waals surface area contributed by atoms with Crippen LogP contribution in [0, 0.1) is 0 Å². The van der Waals surface area contributed by atoms with Crippen molar-refractivity contribution in [2.24, 2.45) is 5.73 Å². The lowest BCUT2D eigenvalue weighted by atomic mass is 10.1. The third-order valence-corrected chi connectivity index (χ3v) is 2.77. The Kier molecular flexibility index (Phi) is 6.27. The van der Waals surface area contributed by atoms with Crippen LogP contribution in [0.3, 0.4) is 0 Å². The zero-order valence-electron chi connectivity index (χ0n) is 16.5. The highest BCUT2D eigenvalue weighted by atomic mass is 32.1. The fraction of sp³-hybridized carbons (Fsp3) is 0.667. The van der Waals surface area contributed by atoms with Crippen LogP contribution in [0.15, 0.2) is 0 Å². The van der Waals surface area contributed by atoms with Gasteiger partial charge in [-0.05, 0) is 13.3 Å². The molecule has 0 bridgehead atoms. The molecule has 0 aliphatic heterocycles. The van der Waals surface area contributed by atoms with Crippen LogP contribution in [-0.2, 0) is 23.9 Å². The first-order chi connectivity index (χ1) is 12.2. The van der Waals surface area contributed by atoms with E-state index in [-0.39, 0.29) is 18.6 Å². The zero-order valence-corrected chi connectivity index (χ0v) is 12.4. The summed E-state index contributed by atoms with van der Waals surface area (Å²) in [5, 5.41) is 12.9. The van der Waals surface area contributed by atoms with Crippen LogP contribution in [0.4, 0.5) is 0 Å². The Balaban J connectivity index is 4.50. The Bertz CT molecular complexity index is 574. The summed E-state index contributed by atoms with van der Waals surface area (Å²) in [4.78, 5) is 45.7. The summed E-state index contributed by atoms with van der Waals surface area (Å²) < 4.78 is 39.2. The lowest BCUT2D eigenvalue weighted by Crippen LogP contribution is -2.49. The molecule has 0 aromatic carbocycles. The number of aliphatic carboxylic acids is 1. The number of ether oxygens (including phenoxy) is 1. The van der Waals surface area contributed by atoms with Gasteiger partial charge in [-0.1, -0.05) is 0 Å². The molecule has 126 valence electrons. The van der Waals surface area contributed by atoms with Gasteiger partial charge in [0.2, 0.25) is 11.8 Å². The number of nitrogens with one attached hydrogen (secondary N) is 2. The summed E-state index contributed by atoms with van der Waals surface area (Å²) in [5.74, 6) is -4.29. The molecule has 0 aliphatic carbocycles. The van der Waals surface area contributed by atoms with E-state index in [1.807, 2.05) is 5.32 Å². The standard InChI is InChI=1S/C12H21N3O6S/c1-2-21-10(17)5-14-11(18)8(6-22)15-9(16)4-3-7(13)12(19)20/h7-8,22H,2-6,13H2,1H3,(H,14,18)(H,15,16)(H,19,20)/t7-,8-/m0/s1/i1D3,2D2. The third-order valence-electron chi connectivity index (χ3n) is 2.41. The van der Waals surface area contributed by atoms with Crippen molar-refractivity contribution in [2.45, 2.75) is 31.8 Å². The van der Waals surface area contributed by atoms with E-state index in [2.05, 4.69) is 22.7 Å². The molecule has 0 fully saturated rings. The number of hydrogen-bond donors (Lipinski definition) is 5. The first kappa shape index (κ1) is 12.7. The molecule has 10 heteroatoms. The number of carboxylic acid groups (broad SMARTS) is 1. The average Bonchev–Trinajstić information content (AvgIpc) is 2.53. The molecular weight excluding hydrogens is 314 g/mol. The number of carbonyl (C=O) groups is 4. The maximum atomic E-state index is 11.9. The highest BCUT2D eigenvalue weighted by Crippen LogP contribution is 1.97. The number of carbonyl (C=O) groups excluding carboxylic acids is 3. The van der Waals surface area contributed by atoms with E-state index in [4.69, 9.17) is 17.7 Å². The molecule has 0 spiro atoms. The molecule has 0 aromatic rings. The van der Waals surface area contributed by atoms with Gasteiger partial charge in [-0.25, -0.2) is 0 Å². The normalized spacial score (nSPS) is 17.5. The van der Waals surface area contributed by atoms with E-state index in [1.165, 1.54) is 0 Å². The van der Waals surface area contributed by atoms with Gasteiger partial charge in [-0.15, -0.1) is 0 Å². The average molecular weight is 340 g/mol. The number of thiol groups is 1. The minimum absolute atomic E-state index is 0.154. The van der Waals surface area contributed by atoms with Gasteiger partial charge in [0.25, 0.3) is 0 Å². The van der Waals surface area contributed by atoms with Crippen molar-refractivity contribution in [1.29, 1.82) is 0 Å². The van der Waals surface area contributed by atoms with Crippen molar-refractivity contribution in [3.05, 3.63) is 0 Å². The molecule has 9 nitrogen and oxygen atoms in total. The van der Waals surface area contributed by atoms with Gasteiger partial charge in [-0.3, -0.25) is 19.2 Å². The Labute approximate surface area is 140 Å². The Morgan fingerprint density at radius 3 is 2.68 bits per heavy atom. The van der Waals surface area contributed by atoms with Crippen LogP contribution >= 0.6 is 12.6 Å². The second-order valence-corrected chi connectivity index (χ2v) is 4.45. The quantitative estimate of drug-likeness (QED) is 0.234. The fourth-order valence-electron chi connectivity index (χ4n) is 1.25. The minimum Gasteiger partial charge on any atom is -0.480 e. The minimum atomic E-state index is -3.23. The van der Waals surface area contributed by atoms with E-state index in [9.17, 15) is 19.2 Å². The van der Waals surface area contributed by atoms with Crippen molar-refractivity contribution in [3.8, 4) is 0 Å². The molecule has 0 saturated heterocycles. The number of hydrogen-bond acceptors (Lipinski definition) is 7. The number of amides is 2. The third kappa shape index (κ3) is 8.47. The summed E-state index contributed by atoms with van der Waals surface area (Å²) in [6.07, 6.45) is -0.412. The molecule has 0 radical (unpaired) electrons. The summed E-state index contributed by atoms with van der Waals surface area (Å²) in [6, 6.07) is -2.41. The predicted molar refractivity (Wildman–Crippen MR) is 80.3 cm³/mol. The number of esters is 1. The number of carboxylic acids is 1. The first-order valence-electron chi connectivity index (χ1n) is 8.59. The van der Waals surface area contributed by atoms with Gasteiger partial charge in [0, 0.05) is 16.3 Å². The Morgan fingerprint density at radius 1 is 1.45 bits per heavy atom. The first-order valence-corrected chi connectivity index (χ1v) is 6.72. The van der Waals surface area contributed by atoms with Crippen LogP contribution in [0.25, 0.3) is 0 Å². The van der Waals surface area contributed by atoms with Crippen LogP contribution in [0.5, 0.6) is 0 Å². The van der Waals surface area contributed by atoms with Crippen molar-refractivity contribution < 1.29 is 35.9 Å². The smallest absolute Gasteiger partial charge is 0.325 e. The van der Waals surface area contributed by atoms with Gasteiger partial charge >= 0.3 is 11.9 Å². The highest BCUT2D eigenvalue weighted by molar-refractivity contribution is 7.80. The van der Waals surface area contributed by atoms with Crippen LogP contribution in [-0.4, -0.2) is 59.8 Å². The van der Waals surface area contributed by atoms with Crippen molar-refractivity contribution in [1.82, 2.24) is 10.6 Å². The second kappa shape index (κ2) is 10.9. The van der Waals surface area contributed by atoms with Gasteiger partial charge in [0.15, 0.2) is 0 Å². The maximum Gasteiger partial charge on any atom is 0.325 e. The van der Waals surface area contributed by atoms with Crippen LogP contribution in [0.2, 0.25) is 0 Å². The lowest BCUT2D eigenvalue weighted by Gasteiger charge is -2.16. The summed E-state index contributed by atoms with van der Waals surface area (Å²) in [5.41, 5.74) is 5.25. The highest BCUT2D eigenvalue weighted by Gasteiger charge is 2.21. The maximum absolute atomic E-state index is 11.9. The lowest BCUT2D eigenvalue weighted by molar-refractivity contribution is -0.143. The molecule has 2 atom stereocenters. The topological polar surface area (TPSA) is 148 Å². The largest absolute Gasteiger partial charge is 0.480 e. The monoisotopic (exact) mass is 340 g/mol. The molecule has 0 saturated carbocycles. The number of nitrogens with two attached hydrogens (primary N) is 1. The molecule has 0 rings (SSSR count). The van der Waals surface area contributed by atoms with E-state index in [1.54, 1.807) is 0 Å². The Hall–Kier alpha value is -1.81. The number of rotatable bonds is 10. The molecule has 0 aromatic heterocycles. The van der Waals surface area contributed by atoms with Crippen molar-refractivity contribution in [2.75, 3.05) is 18.9 Å². The van der Waals surface area contributed by atoms with Gasteiger partial charge < -0.3 is 26.2 Å². The predicted octanol–water partition coefficient (Wildman–Crippen LogP) is -1.73. The van der Waals surface area contributed by atoms with E-state index in [0.717, 1.165) is 0 Å². The Morgan fingerprint density at radius 2 is 2.14 bits per heavy atom. The molecule has 2 amide bonds. The summed E-state index contributed by atoms with van der Waals surface area (Å²) in [6.45, 7) is -7.27. The van der Waals surface area contributed by atoms with E-state index >= 15 is 0 Å². The zero-order chi connectivity index (χ0) is 21.4. The van der Waals surface area contributed by atoms with Gasteiger partial charge in [-0.2, -0.15) is 12.6 Å². The van der Waals surface area contributed by atoms with Gasteiger partial charge in [0.1, 0.15) is 18.6 Å². The van der Waals surface area contributed by atoms with E-state index in [0.29, 0.717) is 0 Å². The SMILES string of the molecule is [2H]C([2H])([2H])C([2H])([2H])OC(=O)CNC(=O)[C@H](CS)NC(=O)CC[C@H](N)C(=O)O. The molecule has 5 N–H and O–H groups in total. The molecule has 0 heterocycles. The molecule has 0 unspecified atom stereocenters. The van der Waals surface area contributed by atoms with E-state index < -0.39 is 55.8 Å². The molecule has 22 heavy (non-hydrogen) atoms. The second-order valence-electron chi connectivity index (χ2n) is 4.08. The summed E-state index contributed by atoms with van der Waals surface area (Å²) in [7, 11) is 0. The van der Waals surface area contributed by atoms with Crippen LogP contribution < -0.4 is 16.4 Å². The van der Waals surface area contributed by atoms with Crippen molar-refractivity contribution in [3.63, 3.8) is 0 Å². The van der Waals surface area contributed by atoms with Gasteiger partial charge in [0.05, 0.1) is 9.30 Å². The fourth-order valence-corrected chi connectivity index (χ4v) is 1.50. The summed E-state index contributed by atoms with van der Waals surface area (Å²) >= 11 is 3.88.